The Morgan fingerprint density at radius 3 is 2.26 bits per heavy atom. The molecule has 2 N–H and O–H groups in total. The van der Waals surface area contributed by atoms with Gasteiger partial charge in [-0.3, -0.25) is 9.59 Å². The van der Waals surface area contributed by atoms with E-state index >= 15 is 0 Å². The van der Waals surface area contributed by atoms with Crippen molar-refractivity contribution in [1.82, 2.24) is 9.62 Å². The standard InChI is InChI=1S/C15H26N2O5S/c1-10-3-5-12(6-4-10)16-23(21,22)9-14(18)17-8-7-13(11(17)2)15(19)20/h10-13,16H,3-9H2,1-2H3,(H,19,20). The van der Waals surface area contributed by atoms with E-state index < -0.39 is 39.6 Å². The van der Waals surface area contributed by atoms with Crippen LogP contribution in [-0.2, 0) is 19.6 Å². The lowest BCUT2D eigenvalue weighted by Crippen LogP contribution is -2.45. The first kappa shape index (κ1) is 18.2. The Labute approximate surface area is 137 Å². The van der Waals surface area contributed by atoms with Gasteiger partial charge >= 0.3 is 5.97 Å². The molecule has 0 bridgehead atoms. The van der Waals surface area contributed by atoms with Crippen molar-refractivity contribution in [3.05, 3.63) is 0 Å². The summed E-state index contributed by atoms with van der Waals surface area (Å²) >= 11 is 0. The zero-order valence-electron chi connectivity index (χ0n) is 13.7. The van der Waals surface area contributed by atoms with Crippen molar-refractivity contribution in [2.45, 2.75) is 58.0 Å². The molecule has 0 aromatic rings. The van der Waals surface area contributed by atoms with Crippen LogP contribution in [0.5, 0.6) is 0 Å². The second-order valence-electron chi connectivity index (χ2n) is 6.89. The second kappa shape index (κ2) is 7.17. The van der Waals surface area contributed by atoms with Gasteiger partial charge in [0.05, 0.1) is 5.92 Å². The molecule has 23 heavy (non-hydrogen) atoms. The van der Waals surface area contributed by atoms with Gasteiger partial charge in [0.15, 0.2) is 0 Å². The summed E-state index contributed by atoms with van der Waals surface area (Å²) in [7, 11) is -3.69. The van der Waals surface area contributed by atoms with E-state index in [4.69, 9.17) is 5.11 Å². The lowest BCUT2D eigenvalue weighted by molar-refractivity contribution is -0.142. The van der Waals surface area contributed by atoms with E-state index in [1.807, 2.05) is 0 Å². The van der Waals surface area contributed by atoms with Crippen molar-refractivity contribution < 1.29 is 23.1 Å². The molecule has 1 saturated carbocycles. The molecule has 1 saturated heterocycles. The van der Waals surface area contributed by atoms with Crippen LogP contribution >= 0.6 is 0 Å². The molecule has 1 aliphatic carbocycles. The first-order chi connectivity index (χ1) is 10.7. The molecule has 8 heteroatoms. The summed E-state index contributed by atoms with van der Waals surface area (Å²) in [6, 6.07) is -0.558. The van der Waals surface area contributed by atoms with E-state index in [2.05, 4.69) is 11.6 Å². The van der Waals surface area contributed by atoms with Crippen LogP contribution in [0.3, 0.4) is 0 Å². The number of hydrogen-bond acceptors (Lipinski definition) is 4. The number of rotatable bonds is 5. The minimum Gasteiger partial charge on any atom is -0.481 e. The normalized spacial score (nSPS) is 32.0. The first-order valence-electron chi connectivity index (χ1n) is 8.22. The van der Waals surface area contributed by atoms with Gasteiger partial charge in [-0.05, 0) is 44.9 Å². The number of likely N-dealkylation sites (tertiary alicyclic amines) is 1. The van der Waals surface area contributed by atoms with Gasteiger partial charge in [-0.15, -0.1) is 0 Å². The van der Waals surface area contributed by atoms with Gasteiger partial charge in [-0.1, -0.05) is 6.92 Å². The summed E-state index contributed by atoms with van der Waals surface area (Å²) < 4.78 is 27.0. The van der Waals surface area contributed by atoms with Gasteiger partial charge in [-0.2, -0.15) is 0 Å². The number of carboxylic acids is 1. The number of hydrogen-bond donors (Lipinski definition) is 2. The molecule has 1 heterocycles. The minimum absolute atomic E-state index is 0.0910. The fourth-order valence-corrected chi connectivity index (χ4v) is 4.86. The highest BCUT2D eigenvalue weighted by molar-refractivity contribution is 7.90. The fourth-order valence-electron chi connectivity index (χ4n) is 3.54. The fraction of sp³-hybridized carbons (Fsp3) is 0.867. The summed E-state index contributed by atoms with van der Waals surface area (Å²) in [6.45, 7) is 4.11. The predicted octanol–water partition coefficient (Wildman–Crippen LogP) is 0.806. The van der Waals surface area contributed by atoms with E-state index in [1.54, 1.807) is 6.92 Å². The predicted molar refractivity (Wildman–Crippen MR) is 85.3 cm³/mol. The molecule has 1 amide bonds. The van der Waals surface area contributed by atoms with Gasteiger partial charge in [-0.25, -0.2) is 13.1 Å². The summed E-state index contributed by atoms with van der Waals surface area (Å²) in [4.78, 5) is 24.7. The Morgan fingerprint density at radius 1 is 1.13 bits per heavy atom. The zero-order chi connectivity index (χ0) is 17.2. The van der Waals surface area contributed by atoms with Crippen molar-refractivity contribution in [1.29, 1.82) is 0 Å². The van der Waals surface area contributed by atoms with E-state index in [9.17, 15) is 18.0 Å². The highest BCUT2D eigenvalue weighted by atomic mass is 32.2. The average molecular weight is 346 g/mol. The summed E-state index contributed by atoms with van der Waals surface area (Å²) in [5.41, 5.74) is 0. The molecule has 0 spiro atoms. The van der Waals surface area contributed by atoms with Crippen molar-refractivity contribution in [2.24, 2.45) is 11.8 Å². The Balaban J connectivity index is 1.90. The van der Waals surface area contributed by atoms with E-state index in [1.165, 1.54) is 4.90 Å². The summed E-state index contributed by atoms with van der Waals surface area (Å²) in [5.74, 6) is -2.05. The number of sulfonamides is 1. The maximum Gasteiger partial charge on any atom is 0.308 e. The average Bonchev–Trinajstić information content (AvgIpc) is 2.82. The van der Waals surface area contributed by atoms with Crippen LogP contribution in [0.1, 0.15) is 46.0 Å². The molecule has 0 radical (unpaired) electrons. The molecule has 132 valence electrons. The molecule has 2 unspecified atom stereocenters. The van der Waals surface area contributed by atoms with Crippen molar-refractivity contribution in [3.63, 3.8) is 0 Å². The number of carbonyl (C=O) groups excluding carboxylic acids is 1. The number of aliphatic carboxylic acids is 1. The number of amides is 1. The lowest BCUT2D eigenvalue weighted by Gasteiger charge is -2.27. The highest BCUT2D eigenvalue weighted by Crippen LogP contribution is 2.25. The molecule has 2 aliphatic rings. The number of nitrogens with zero attached hydrogens (tertiary/aromatic N) is 1. The van der Waals surface area contributed by atoms with Crippen LogP contribution in [0.15, 0.2) is 0 Å². The molecule has 2 rings (SSSR count). The van der Waals surface area contributed by atoms with Crippen LogP contribution in [-0.4, -0.2) is 54.7 Å². The smallest absolute Gasteiger partial charge is 0.308 e. The van der Waals surface area contributed by atoms with Crippen LogP contribution in [0.4, 0.5) is 0 Å². The van der Waals surface area contributed by atoms with E-state index in [-0.39, 0.29) is 6.04 Å². The number of carbonyl (C=O) groups is 2. The molecular weight excluding hydrogens is 320 g/mol. The number of carboxylic acid groups (broad SMARTS) is 1. The third kappa shape index (κ3) is 4.67. The van der Waals surface area contributed by atoms with Gasteiger partial charge in [0.25, 0.3) is 0 Å². The third-order valence-corrected chi connectivity index (χ3v) is 6.39. The summed E-state index contributed by atoms with van der Waals surface area (Å²) in [6.07, 6.45) is 3.96. The molecule has 2 atom stereocenters. The third-order valence-electron chi connectivity index (χ3n) is 5.07. The van der Waals surface area contributed by atoms with Crippen LogP contribution < -0.4 is 4.72 Å². The van der Waals surface area contributed by atoms with Gasteiger partial charge in [0.1, 0.15) is 5.75 Å². The Kier molecular flexibility index (Phi) is 5.67. The minimum atomic E-state index is -3.69. The lowest BCUT2D eigenvalue weighted by atomic mass is 9.88. The molecule has 0 aromatic heterocycles. The molecule has 1 aliphatic heterocycles. The van der Waals surface area contributed by atoms with E-state index in [0.717, 1.165) is 25.7 Å². The largest absolute Gasteiger partial charge is 0.481 e. The maximum absolute atomic E-state index is 12.2. The second-order valence-corrected chi connectivity index (χ2v) is 8.65. The molecular formula is C15H26N2O5S. The monoisotopic (exact) mass is 346 g/mol. The van der Waals surface area contributed by atoms with Crippen LogP contribution in [0.25, 0.3) is 0 Å². The van der Waals surface area contributed by atoms with Crippen molar-refractivity contribution in [3.8, 4) is 0 Å². The molecule has 0 aromatic carbocycles. The summed E-state index contributed by atoms with van der Waals surface area (Å²) in [5, 5.41) is 9.08. The SMILES string of the molecule is CC1CCC(NS(=O)(=O)CC(=O)N2CCC(C(=O)O)C2C)CC1. The molecule has 7 nitrogen and oxygen atoms in total. The van der Waals surface area contributed by atoms with E-state index in [0.29, 0.717) is 18.9 Å². The Bertz CT molecular complexity index is 554. The Morgan fingerprint density at radius 2 is 1.74 bits per heavy atom. The highest BCUT2D eigenvalue weighted by Gasteiger charge is 2.39. The van der Waals surface area contributed by atoms with Crippen LogP contribution in [0, 0.1) is 11.8 Å². The first-order valence-corrected chi connectivity index (χ1v) is 9.87. The number of nitrogens with one attached hydrogen (secondary N) is 1. The van der Waals surface area contributed by atoms with Gasteiger partial charge in [0.2, 0.25) is 15.9 Å². The van der Waals surface area contributed by atoms with Crippen molar-refractivity contribution in [2.75, 3.05) is 12.3 Å². The zero-order valence-corrected chi connectivity index (χ0v) is 14.5. The van der Waals surface area contributed by atoms with Crippen LogP contribution in [0.2, 0.25) is 0 Å². The quantitative estimate of drug-likeness (QED) is 0.766. The van der Waals surface area contributed by atoms with Crippen molar-refractivity contribution >= 4 is 21.9 Å². The van der Waals surface area contributed by atoms with Gasteiger partial charge < -0.3 is 10.0 Å². The topological polar surface area (TPSA) is 104 Å². The van der Waals surface area contributed by atoms with Gasteiger partial charge in [0, 0.05) is 18.6 Å². The maximum atomic E-state index is 12.2. The Hall–Kier alpha value is -1.15. The molecule has 2 fully saturated rings.